The Morgan fingerprint density at radius 2 is 2.24 bits per heavy atom. The van der Waals surface area contributed by atoms with Crippen molar-refractivity contribution in [3.05, 3.63) is 42.1 Å². The third kappa shape index (κ3) is 3.52. The molecule has 0 bridgehead atoms. The summed E-state index contributed by atoms with van der Waals surface area (Å²) in [6.45, 7) is 5.58. The highest BCUT2D eigenvalue weighted by molar-refractivity contribution is 14.0. The van der Waals surface area contributed by atoms with E-state index in [2.05, 4.69) is 38.6 Å². The summed E-state index contributed by atoms with van der Waals surface area (Å²) in [7, 11) is 0. The number of hydrogen-bond acceptors (Lipinski definition) is 5. The van der Waals surface area contributed by atoms with Crippen molar-refractivity contribution < 1.29 is 0 Å². The number of rotatable bonds is 3. The van der Waals surface area contributed by atoms with Crippen molar-refractivity contribution in [1.82, 2.24) is 25.2 Å². The summed E-state index contributed by atoms with van der Waals surface area (Å²) in [5.41, 5.74) is 1.11. The second-order valence-corrected chi connectivity index (χ2v) is 4.92. The molecule has 0 radical (unpaired) electrons. The highest BCUT2D eigenvalue weighted by Crippen LogP contribution is 2.13. The van der Waals surface area contributed by atoms with Crippen molar-refractivity contribution in [3.8, 4) is 5.82 Å². The van der Waals surface area contributed by atoms with E-state index in [0.717, 1.165) is 29.7 Å². The van der Waals surface area contributed by atoms with Crippen LogP contribution in [-0.4, -0.2) is 33.1 Å². The highest BCUT2D eigenvalue weighted by Gasteiger charge is 2.13. The summed E-state index contributed by atoms with van der Waals surface area (Å²) in [5, 5.41) is 6.60. The molecule has 0 amide bonds. The summed E-state index contributed by atoms with van der Waals surface area (Å²) in [6, 6.07) is 4.41. The topological polar surface area (TPSA) is 67.1 Å². The van der Waals surface area contributed by atoms with Crippen LogP contribution in [0.4, 0.5) is 0 Å². The predicted octanol–water partition coefficient (Wildman–Crippen LogP) is 1.63. The maximum atomic E-state index is 4.46. The van der Waals surface area contributed by atoms with Gasteiger partial charge in [0.2, 0.25) is 0 Å². The van der Waals surface area contributed by atoms with E-state index in [9.17, 15) is 0 Å². The Kier molecular flexibility index (Phi) is 5.16. The van der Waals surface area contributed by atoms with Crippen LogP contribution in [0.1, 0.15) is 18.3 Å². The molecule has 1 unspecified atom stereocenters. The lowest BCUT2D eigenvalue weighted by Crippen LogP contribution is -2.37. The fourth-order valence-corrected chi connectivity index (χ4v) is 2.23. The zero-order valence-electron chi connectivity index (χ0n) is 12.1. The zero-order valence-corrected chi connectivity index (χ0v) is 14.4. The first-order valence-corrected chi connectivity index (χ1v) is 6.73. The molecular formula is C14H19IN6. The Hall–Kier alpha value is -1.64. The number of halogens is 1. The van der Waals surface area contributed by atoms with Crippen LogP contribution in [0.3, 0.4) is 0 Å². The van der Waals surface area contributed by atoms with Gasteiger partial charge in [-0.05, 0) is 19.9 Å². The Bertz CT molecular complexity index is 636. The SMILES string of the molecule is Cc1nccn1-c1ncccc1CNC1=NCC(C)N1.I. The summed E-state index contributed by atoms with van der Waals surface area (Å²) >= 11 is 0. The fourth-order valence-electron chi connectivity index (χ4n) is 2.23. The molecule has 0 aromatic carbocycles. The molecule has 1 atom stereocenters. The standard InChI is InChI=1S/C14H18N6.HI/c1-10-8-17-14(19-10)18-9-12-4-3-5-16-13(12)20-7-6-15-11(20)2;/h3-7,10H,8-9H2,1-2H3,(H2,17,18,19);1H. The van der Waals surface area contributed by atoms with Gasteiger partial charge in [-0.25, -0.2) is 9.97 Å². The third-order valence-electron chi connectivity index (χ3n) is 3.27. The molecule has 7 heteroatoms. The molecule has 0 spiro atoms. The number of aliphatic imine (C=N–C) groups is 1. The minimum absolute atomic E-state index is 0. The van der Waals surface area contributed by atoms with Gasteiger partial charge in [-0.2, -0.15) is 0 Å². The highest BCUT2D eigenvalue weighted by atomic mass is 127. The summed E-state index contributed by atoms with van der Waals surface area (Å²) < 4.78 is 1.99. The van der Waals surface area contributed by atoms with Gasteiger partial charge >= 0.3 is 0 Å². The molecule has 0 aliphatic carbocycles. The summed E-state index contributed by atoms with van der Waals surface area (Å²) in [4.78, 5) is 13.1. The maximum absolute atomic E-state index is 4.46. The molecular weight excluding hydrogens is 379 g/mol. The van der Waals surface area contributed by atoms with E-state index in [1.54, 1.807) is 12.4 Å². The number of guanidine groups is 1. The average molecular weight is 398 g/mol. The van der Waals surface area contributed by atoms with E-state index in [4.69, 9.17) is 0 Å². The second kappa shape index (κ2) is 6.88. The van der Waals surface area contributed by atoms with Gasteiger partial charge in [0.1, 0.15) is 11.6 Å². The number of imidazole rings is 1. The molecule has 2 aromatic heterocycles. The predicted molar refractivity (Wildman–Crippen MR) is 93.3 cm³/mol. The zero-order chi connectivity index (χ0) is 13.9. The molecule has 2 aromatic rings. The molecule has 6 nitrogen and oxygen atoms in total. The molecule has 0 saturated carbocycles. The van der Waals surface area contributed by atoms with E-state index in [1.165, 1.54) is 0 Å². The molecule has 1 aliphatic heterocycles. The Morgan fingerprint density at radius 1 is 1.38 bits per heavy atom. The Morgan fingerprint density at radius 3 is 2.90 bits per heavy atom. The molecule has 3 rings (SSSR count). The molecule has 2 N–H and O–H groups in total. The third-order valence-corrected chi connectivity index (χ3v) is 3.27. The fraction of sp³-hybridized carbons (Fsp3) is 0.357. The lowest BCUT2D eigenvalue weighted by molar-refractivity contribution is 0.712. The smallest absolute Gasteiger partial charge is 0.191 e. The minimum Gasteiger partial charge on any atom is -0.352 e. The largest absolute Gasteiger partial charge is 0.352 e. The number of aromatic nitrogens is 3. The van der Waals surface area contributed by atoms with Crippen LogP contribution in [0.15, 0.2) is 35.7 Å². The van der Waals surface area contributed by atoms with Crippen molar-refractivity contribution in [2.45, 2.75) is 26.4 Å². The molecule has 21 heavy (non-hydrogen) atoms. The lowest BCUT2D eigenvalue weighted by Gasteiger charge is -2.12. The van der Waals surface area contributed by atoms with Gasteiger partial charge in [-0.1, -0.05) is 6.07 Å². The Labute approximate surface area is 141 Å². The van der Waals surface area contributed by atoms with E-state index in [0.29, 0.717) is 12.6 Å². The molecule has 0 saturated heterocycles. The van der Waals surface area contributed by atoms with Crippen LogP contribution in [0.2, 0.25) is 0 Å². The van der Waals surface area contributed by atoms with Crippen molar-refractivity contribution in [1.29, 1.82) is 0 Å². The molecule has 1 aliphatic rings. The number of aryl methyl sites for hydroxylation is 1. The van der Waals surface area contributed by atoms with Gasteiger partial charge in [-0.3, -0.25) is 9.56 Å². The maximum Gasteiger partial charge on any atom is 0.191 e. The average Bonchev–Trinajstić information content (AvgIpc) is 3.05. The first-order chi connectivity index (χ1) is 9.74. The van der Waals surface area contributed by atoms with Crippen LogP contribution in [-0.2, 0) is 6.54 Å². The van der Waals surface area contributed by atoms with Crippen LogP contribution < -0.4 is 10.6 Å². The van der Waals surface area contributed by atoms with Crippen molar-refractivity contribution in [2.24, 2.45) is 4.99 Å². The summed E-state index contributed by atoms with van der Waals surface area (Å²) in [5.74, 6) is 2.69. The minimum atomic E-state index is 0. The van der Waals surface area contributed by atoms with Gasteiger partial charge in [-0.15, -0.1) is 24.0 Å². The van der Waals surface area contributed by atoms with Gasteiger partial charge in [0.25, 0.3) is 0 Å². The van der Waals surface area contributed by atoms with Crippen LogP contribution >= 0.6 is 24.0 Å². The molecule has 112 valence electrons. The molecule has 3 heterocycles. The van der Waals surface area contributed by atoms with Crippen LogP contribution in [0, 0.1) is 6.92 Å². The normalized spacial score (nSPS) is 16.9. The van der Waals surface area contributed by atoms with Gasteiger partial charge < -0.3 is 10.6 Å². The lowest BCUT2D eigenvalue weighted by atomic mass is 10.2. The van der Waals surface area contributed by atoms with E-state index < -0.39 is 0 Å². The van der Waals surface area contributed by atoms with E-state index in [1.807, 2.05) is 23.8 Å². The summed E-state index contributed by atoms with van der Waals surface area (Å²) in [6.07, 6.45) is 5.51. The van der Waals surface area contributed by atoms with Gasteiger partial charge in [0, 0.05) is 36.7 Å². The van der Waals surface area contributed by atoms with Crippen LogP contribution in [0.5, 0.6) is 0 Å². The van der Waals surface area contributed by atoms with Crippen molar-refractivity contribution in [3.63, 3.8) is 0 Å². The van der Waals surface area contributed by atoms with Crippen LogP contribution in [0.25, 0.3) is 5.82 Å². The van der Waals surface area contributed by atoms with Crippen molar-refractivity contribution >= 4 is 29.9 Å². The monoisotopic (exact) mass is 398 g/mol. The number of nitrogens with one attached hydrogen (secondary N) is 2. The second-order valence-electron chi connectivity index (χ2n) is 4.92. The van der Waals surface area contributed by atoms with Crippen molar-refractivity contribution in [2.75, 3.05) is 6.54 Å². The Balaban J connectivity index is 0.00000161. The first-order valence-electron chi connectivity index (χ1n) is 6.73. The number of hydrogen-bond donors (Lipinski definition) is 2. The quantitative estimate of drug-likeness (QED) is 0.772. The van der Waals surface area contributed by atoms with Gasteiger partial charge in [0.15, 0.2) is 5.96 Å². The number of pyridine rings is 1. The first kappa shape index (κ1) is 15.7. The van der Waals surface area contributed by atoms with Gasteiger partial charge in [0.05, 0.1) is 6.54 Å². The van der Waals surface area contributed by atoms with E-state index >= 15 is 0 Å². The molecule has 0 fully saturated rings. The van der Waals surface area contributed by atoms with E-state index in [-0.39, 0.29) is 24.0 Å². The number of nitrogens with zero attached hydrogens (tertiary/aromatic N) is 4.